The van der Waals surface area contributed by atoms with E-state index in [1.54, 1.807) is 11.3 Å². The number of nitrogens with zero attached hydrogens (tertiary/aromatic N) is 2. The second-order valence-corrected chi connectivity index (χ2v) is 10.7. The lowest BCUT2D eigenvalue weighted by molar-refractivity contribution is -0.118. The van der Waals surface area contributed by atoms with Crippen molar-refractivity contribution in [2.75, 3.05) is 23.4 Å². The van der Waals surface area contributed by atoms with Crippen LogP contribution in [0.5, 0.6) is 5.75 Å². The SMILES string of the molecule is O=C(COc1ccc(C2SCCCS2)cc1)Nc1ccc(-c2cn3ccsc3n2)cc1. The summed E-state index contributed by atoms with van der Waals surface area (Å²) in [4.78, 5) is 17.9. The number of thioether (sulfide) groups is 2. The van der Waals surface area contributed by atoms with Gasteiger partial charge in [-0.2, -0.15) is 0 Å². The van der Waals surface area contributed by atoms with Gasteiger partial charge in [0.25, 0.3) is 5.91 Å². The van der Waals surface area contributed by atoms with Gasteiger partial charge in [-0.15, -0.1) is 34.9 Å². The normalized spacial score (nSPS) is 14.6. The van der Waals surface area contributed by atoms with Crippen molar-refractivity contribution in [3.63, 3.8) is 0 Å². The van der Waals surface area contributed by atoms with Gasteiger partial charge in [-0.1, -0.05) is 24.3 Å². The standard InChI is InChI=1S/C23H21N3O2S3/c27-21(15-28-19-8-4-17(5-9-19)22-29-11-1-12-30-22)24-18-6-2-16(3-7-18)20-14-26-10-13-31-23(26)25-20/h2-10,13-14,22H,1,11-12,15H2,(H,24,27). The van der Waals surface area contributed by atoms with E-state index in [1.807, 2.05) is 82.1 Å². The van der Waals surface area contributed by atoms with Gasteiger partial charge in [0.15, 0.2) is 11.6 Å². The van der Waals surface area contributed by atoms with Crippen molar-refractivity contribution >= 4 is 51.4 Å². The molecular weight excluding hydrogens is 446 g/mol. The number of anilines is 1. The fraction of sp³-hybridized carbons (Fsp3) is 0.217. The van der Waals surface area contributed by atoms with Crippen molar-refractivity contribution in [2.45, 2.75) is 11.0 Å². The van der Waals surface area contributed by atoms with Crippen LogP contribution < -0.4 is 10.1 Å². The number of carbonyl (C=O) groups is 1. The summed E-state index contributed by atoms with van der Waals surface area (Å²) < 4.78 is 8.18. The van der Waals surface area contributed by atoms with Gasteiger partial charge in [0, 0.05) is 29.0 Å². The van der Waals surface area contributed by atoms with E-state index >= 15 is 0 Å². The van der Waals surface area contributed by atoms with E-state index in [0.29, 0.717) is 10.3 Å². The zero-order valence-corrected chi connectivity index (χ0v) is 19.1. The molecule has 1 saturated heterocycles. The second-order valence-electron chi connectivity index (χ2n) is 7.13. The first-order chi connectivity index (χ1) is 15.2. The number of nitrogens with one attached hydrogen (secondary N) is 1. The first-order valence-corrected chi connectivity index (χ1v) is 13.0. The smallest absolute Gasteiger partial charge is 0.262 e. The molecule has 1 amide bonds. The predicted molar refractivity (Wildman–Crippen MR) is 131 cm³/mol. The third-order valence-electron chi connectivity index (χ3n) is 4.91. The summed E-state index contributed by atoms with van der Waals surface area (Å²) in [6.07, 6.45) is 5.28. The zero-order valence-electron chi connectivity index (χ0n) is 16.7. The molecule has 2 aromatic heterocycles. The van der Waals surface area contributed by atoms with Crippen LogP contribution >= 0.6 is 34.9 Å². The van der Waals surface area contributed by atoms with Crippen LogP contribution in [0.4, 0.5) is 5.69 Å². The highest BCUT2D eigenvalue weighted by Gasteiger charge is 2.16. The second kappa shape index (κ2) is 9.38. The molecule has 0 spiro atoms. The summed E-state index contributed by atoms with van der Waals surface area (Å²) in [7, 11) is 0. The molecule has 0 unspecified atom stereocenters. The molecule has 1 aliphatic rings. The number of thiazole rings is 1. The molecule has 0 radical (unpaired) electrons. The highest BCUT2D eigenvalue weighted by atomic mass is 32.2. The fourth-order valence-corrected chi connectivity index (χ4v) is 6.93. The minimum atomic E-state index is -0.183. The summed E-state index contributed by atoms with van der Waals surface area (Å²) in [5.74, 6) is 2.97. The third kappa shape index (κ3) is 4.92. The van der Waals surface area contributed by atoms with Crippen LogP contribution in [0.3, 0.4) is 0 Å². The highest BCUT2D eigenvalue weighted by molar-refractivity contribution is 8.16. The van der Waals surface area contributed by atoms with Gasteiger partial charge in [0.05, 0.1) is 10.3 Å². The molecular formula is C23H21N3O2S3. The summed E-state index contributed by atoms with van der Waals surface area (Å²) in [6.45, 7) is -0.0225. The number of carbonyl (C=O) groups excluding carboxylic acids is 1. The molecule has 4 aromatic rings. The van der Waals surface area contributed by atoms with Crippen molar-refractivity contribution in [2.24, 2.45) is 0 Å². The maximum absolute atomic E-state index is 12.3. The Morgan fingerprint density at radius 1 is 1.10 bits per heavy atom. The maximum atomic E-state index is 12.3. The molecule has 31 heavy (non-hydrogen) atoms. The number of amides is 1. The number of hydrogen-bond acceptors (Lipinski definition) is 6. The third-order valence-corrected chi connectivity index (χ3v) is 8.69. The number of hydrogen-bond donors (Lipinski definition) is 1. The maximum Gasteiger partial charge on any atom is 0.262 e. The summed E-state index contributed by atoms with van der Waals surface area (Å²) in [5.41, 5.74) is 3.98. The summed E-state index contributed by atoms with van der Waals surface area (Å²) >= 11 is 5.60. The molecule has 5 nitrogen and oxygen atoms in total. The van der Waals surface area contributed by atoms with Gasteiger partial charge >= 0.3 is 0 Å². The number of rotatable bonds is 6. The van der Waals surface area contributed by atoms with Crippen molar-refractivity contribution in [3.05, 3.63) is 71.9 Å². The van der Waals surface area contributed by atoms with Crippen LogP contribution in [0, 0.1) is 0 Å². The van der Waals surface area contributed by atoms with Crippen molar-refractivity contribution < 1.29 is 9.53 Å². The van der Waals surface area contributed by atoms with Gasteiger partial charge in [0.1, 0.15) is 5.75 Å². The van der Waals surface area contributed by atoms with Crippen LogP contribution in [-0.2, 0) is 4.79 Å². The Kier molecular flexibility index (Phi) is 6.20. The first-order valence-electron chi connectivity index (χ1n) is 10.0. The van der Waals surface area contributed by atoms with Gasteiger partial charge in [-0.05, 0) is 47.8 Å². The van der Waals surface area contributed by atoms with Gasteiger partial charge in [-0.25, -0.2) is 4.98 Å². The van der Waals surface area contributed by atoms with Crippen LogP contribution in [-0.4, -0.2) is 33.4 Å². The zero-order chi connectivity index (χ0) is 21.0. The van der Waals surface area contributed by atoms with Gasteiger partial charge < -0.3 is 10.1 Å². The Morgan fingerprint density at radius 2 is 1.87 bits per heavy atom. The molecule has 2 aromatic carbocycles. The Morgan fingerprint density at radius 3 is 2.61 bits per heavy atom. The first kappa shape index (κ1) is 20.5. The van der Waals surface area contributed by atoms with Crippen LogP contribution in [0.25, 0.3) is 16.2 Å². The molecule has 0 bridgehead atoms. The van der Waals surface area contributed by atoms with E-state index < -0.39 is 0 Å². The molecule has 8 heteroatoms. The van der Waals surface area contributed by atoms with E-state index in [1.165, 1.54) is 23.5 Å². The van der Waals surface area contributed by atoms with E-state index in [0.717, 1.165) is 21.9 Å². The van der Waals surface area contributed by atoms with Crippen molar-refractivity contribution in [1.29, 1.82) is 0 Å². The van der Waals surface area contributed by atoms with E-state index in [4.69, 9.17) is 4.74 Å². The van der Waals surface area contributed by atoms with Crippen LogP contribution in [0.2, 0.25) is 0 Å². The van der Waals surface area contributed by atoms with Crippen molar-refractivity contribution in [1.82, 2.24) is 9.38 Å². The Hall–Kier alpha value is -2.42. The minimum absolute atomic E-state index is 0.0225. The van der Waals surface area contributed by atoms with E-state index in [2.05, 4.69) is 22.4 Å². The quantitative estimate of drug-likeness (QED) is 0.380. The largest absolute Gasteiger partial charge is 0.484 e. The number of ether oxygens (including phenoxy) is 1. The van der Waals surface area contributed by atoms with E-state index in [-0.39, 0.29) is 12.5 Å². The number of imidazole rings is 1. The Labute approximate surface area is 193 Å². The summed E-state index contributed by atoms with van der Waals surface area (Å²) in [6, 6.07) is 15.8. The lowest BCUT2D eigenvalue weighted by Crippen LogP contribution is -2.20. The van der Waals surface area contributed by atoms with E-state index in [9.17, 15) is 4.79 Å². The Bertz CT molecular complexity index is 1130. The molecule has 0 aliphatic carbocycles. The molecule has 5 rings (SSSR count). The molecule has 3 heterocycles. The van der Waals surface area contributed by atoms with Crippen LogP contribution in [0.1, 0.15) is 16.6 Å². The predicted octanol–water partition coefficient (Wildman–Crippen LogP) is 5.95. The fourth-order valence-electron chi connectivity index (χ4n) is 3.34. The lowest BCUT2D eigenvalue weighted by Gasteiger charge is -2.21. The highest BCUT2D eigenvalue weighted by Crippen LogP contribution is 2.43. The number of fused-ring (bicyclic) bond motifs is 1. The van der Waals surface area contributed by atoms with Crippen LogP contribution in [0.15, 0.2) is 66.3 Å². The minimum Gasteiger partial charge on any atom is -0.484 e. The van der Waals surface area contributed by atoms with Gasteiger partial charge in [-0.3, -0.25) is 9.20 Å². The lowest BCUT2D eigenvalue weighted by atomic mass is 10.1. The molecule has 1 N–H and O–H groups in total. The average molecular weight is 468 g/mol. The molecule has 1 fully saturated rings. The molecule has 0 atom stereocenters. The Balaban J connectivity index is 1.14. The number of aromatic nitrogens is 2. The van der Waals surface area contributed by atoms with Gasteiger partial charge in [0.2, 0.25) is 0 Å². The molecule has 0 saturated carbocycles. The number of benzene rings is 2. The monoisotopic (exact) mass is 467 g/mol. The summed E-state index contributed by atoms with van der Waals surface area (Å²) in [5, 5.41) is 4.89. The molecule has 158 valence electrons. The van der Waals surface area contributed by atoms with Crippen molar-refractivity contribution in [3.8, 4) is 17.0 Å². The topological polar surface area (TPSA) is 55.6 Å². The average Bonchev–Trinajstić information content (AvgIpc) is 3.42. The molecule has 1 aliphatic heterocycles.